The third-order valence-corrected chi connectivity index (χ3v) is 5.02. The van der Waals surface area contributed by atoms with Crippen LogP contribution in [0.3, 0.4) is 0 Å². The molecule has 0 radical (unpaired) electrons. The summed E-state index contributed by atoms with van der Waals surface area (Å²) >= 11 is 5.23. The Morgan fingerprint density at radius 1 is 1.35 bits per heavy atom. The van der Waals surface area contributed by atoms with Crippen molar-refractivity contribution in [3.8, 4) is 5.75 Å². The molecule has 0 saturated carbocycles. The van der Waals surface area contributed by atoms with Crippen LogP contribution in [0, 0.1) is 0 Å². The fraction of sp³-hybridized carbons (Fsp3) is 0.375. The summed E-state index contributed by atoms with van der Waals surface area (Å²) in [6, 6.07) is 6.00. The van der Waals surface area contributed by atoms with Gasteiger partial charge in [0.25, 0.3) is 0 Å². The highest BCUT2D eigenvalue weighted by Gasteiger charge is 2.04. The molecule has 0 aliphatic heterocycles. The summed E-state index contributed by atoms with van der Waals surface area (Å²) in [5.41, 5.74) is 1.14. The topological polar surface area (TPSA) is 58.5 Å². The number of guanidine groups is 1. The molecular weight excluding hydrogens is 376 g/mol. The maximum absolute atomic E-state index is 5.24. The second kappa shape index (κ2) is 8.88. The standard InChI is InChI=1S/C16H21BrN4OS/c1-4-12-9-19-15(23-12)10-21-16(18-2)20-8-11-5-6-14(22-3)13(17)7-11/h5-7,9H,4,8,10H2,1-3H3,(H2,18,20,21). The van der Waals surface area contributed by atoms with Crippen LogP contribution in [0.4, 0.5) is 0 Å². The van der Waals surface area contributed by atoms with Crippen molar-refractivity contribution in [2.24, 2.45) is 4.99 Å². The van der Waals surface area contributed by atoms with Crippen LogP contribution in [0.5, 0.6) is 5.75 Å². The normalized spacial score (nSPS) is 11.4. The van der Waals surface area contributed by atoms with Gasteiger partial charge in [0, 0.05) is 24.7 Å². The fourth-order valence-corrected chi connectivity index (χ4v) is 3.37. The molecule has 0 amide bonds. The second-order valence-electron chi connectivity index (χ2n) is 4.82. The largest absolute Gasteiger partial charge is 0.496 e. The lowest BCUT2D eigenvalue weighted by Gasteiger charge is -2.12. The molecule has 2 N–H and O–H groups in total. The number of nitrogens with zero attached hydrogens (tertiary/aromatic N) is 2. The zero-order valence-electron chi connectivity index (χ0n) is 13.5. The molecule has 0 aliphatic carbocycles. The summed E-state index contributed by atoms with van der Waals surface area (Å²) in [4.78, 5) is 9.93. The van der Waals surface area contributed by atoms with Gasteiger partial charge < -0.3 is 15.4 Å². The molecule has 1 aromatic carbocycles. The Bertz CT molecular complexity index is 672. The number of aliphatic imine (C=N–C) groups is 1. The van der Waals surface area contributed by atoms with Gasteiger partial charge in [-0.3, -0.25) is 4.99 Å². The van der Waals surface area contributed by atoms with Crippen LogP contribution in [-0.4, -0.2) is 25.1 Å². The van der Waals surface area contributed by atoms with E-state index in [9.17, 15) is 0 Å². The van der Waals surface area contributed by atoms with Crippen molar-refractivity contribution >= 4 is 33.2 Å². The number of nitrogens with one attached hydrogen (secondary N) is 2. The molecule has 0 atom stereocenters. The first-order valence-electron chi connectivity index (χ1n) is 7.36. The van der Waals surface area contributed by atoms with Crippen LogP contribution in [0.15, 0.2) is 33.9 Å². The first kappa shape index (κ1) is 17.7. The molecule has 0 saturated heterocycles. The first-order valence-corrected chi connectivity index (χ1v) is 8.97. The average molecular weight is 397 g/mol. The van der Waals surface area contributed by atoms with Crippen molar-refractivity contribution in [3.05, 3.63) is 44.3 Å². The molecule has 0 spiro atoms. The van der Waals surface area contributed by atoms with Gasteiger partial charge in [0.15, 0.2) is 5.96 Å². The van der Waals surface area contributed by atoms with Gasteiger partial charge in [0.1, 0.15) is 10.8 Å². The first-order chi connectivity index (χ1) is 11.2. The van der Waals surface area contributed by atoms with Crippen molar-refractivity contribution in [1.82, 2.24) is 15.6 Å². The maximum atomic E-state index is 5.24. The Kier molecular flexibility index (Phi) is 6.85. The monoisotopic (exact) mass is 396 g/mol. The van der Waals surface area contributed by atoms with Crippen LogP contribution >= 0.6 is 27.3 Å². The summed E-state index contributed by atoms with van der Waals surface area (Å²) in [5.74, 6) is 1.58. The van der Waals surface area contributed by atoms with Crippen molar-refractivity contribution in [1.29, 1.82) is 0 Å². The Morgan fingerprint density at radius 2 is 2.13 bits per heavy atom. The summed E-state index contributed by atoms with van der Waals surface area (Å²) in [6.45, 7) is 3.50. The molecule has 2 aromatic rings. The Labute approximate surface area is 149 Å². The third kappa shape index (κ3) is 5.21. The van der Waals surface area contributed by atoms with Crippen molar-refractivity contribution in [2.75, 3.05) is 14.2 Å². The van der Waals surface area contributed by atoms with Crippen molar-refractivity contribution in [3.63, 3.8) is 0 Å². The Morgan fingerprint density at radius 3 is 2.74 bits per heavy atom. The number of methoxy groups -OCH3 is 1. The Hall–Kier alpha value is -1.60. The van der Waals surface area contributed by atoms with E-state index < -0.39 is 0 Å². The number of hydrogen-bond acceptors (Lipinski definition) is 4. The molecule has 23 heavy (non-hydrogen) atoms. The van der Waals surface area contributed by atoms with Crippen LogP contribution in [-0.2, 0) is 19.5 Å². The maximum Gasteiger partial charge on any atom is 0.191 e. The number of halogens is 1. The Balaban J connectivity index is 1.86. The average Bonchev–Trinajstić information content (AvgIpc) is 3.03. The zero-order chi connectivity index (χ0) is 16.7. The molecule has 124 valence electrons. The number of thiazole rings is 1. The minimum absolute atomic E-state index is 0.677. The predicted octanol–water partition coefficient (Wildman–Crippen LogP) is 3.34. The molecular formula is C16H21BrN4OS. The lowest BCUT2D eigenvalue weighted by molar-refractivity contribution is 0.412. The number of aromatic nitrogens is 1. The SMILES string of the molecule is CCc1cnc(CNC(=NC)NCc2ccc(OC)c(Br)c2)s1. The van der Waals surface area contributed by atoms with E-state index in [4.69, 9.17) is 4.74 Å². The van der Waals surface area contributed by atoms with Crippen LogP contribution in [0.2, 0.25) is 0 Å². The van der Waals surface area contributed by atoms with Gasteiger partial charge in [-0.15, -0.1) is 11.3 Å². The van der Waals surface area contributed by atoms with Gasteiger partial charge in [-0.05, 0) is 40.0 Å². The smallest absolute Gasteiger partial charge is 0.191 e. The van der Waals surface area contributed by atoms with Gasteiger partial charge in [0.05, 0.1) is 18.1 Å². The second-order valence-corrected chi connectivity index (χ2v) is 6.88. The minimum Gasteiger partial charge on any atom is -0.496 e. The van der Waals surface area contributed by atoms with Crippen molar-refractivity contribution < 1.29 is 4.74 Å². The number of ether oxygens (including phenoxy) is 1. The molecule has 0 unspecified atom stereocenters. The van der Waals surface area contributed by atoms with Crippen molar-refractivity contribution in [2.45, 2.75) is 26.4 Å². The van der Waals surface area contributed by atoms with Gasteiger partial charge in [-0.25, -0.2) is 4.98 Å². The van der Waals surface area contributed by atoms with E-state index >= 15 is 0 Å². The van der Waals surface area contributed by atoms with Crippen LogP contribution in [0.25, 0.3) is 0 Å². The number of aryl methyl sites for hydroxylation is 1. The highest BCUT2D eigenvalue weighted by atomic mass is 79.9. The molecule has 0 fully saturated rings. The summed E-state index contributed by atoms with van der Waals surface area (Å²) in [6.07, 6.45) is 2.96. The lowest BCUT2D eigenvalue weighted by atomic mass is 10.2. The minimum atomic E-state index is 0.677. The van der Waals surface area contributed by atoms with Crippen LogP contribution < -0.4 is 15.4 Å². The molecule has 2 rings (SSSR count). The van der Waals surface area contributed by atoms with E-state index in [2.05, 4.69) is 43.5 Å². The van der Waals surface area contributed by atoms with E-state index in [1.807, 2.05) is 24.4 Å². The third-order valence-electron chi connectivity index (χ3n) is 3.26. The molecule has 0 aliphatic rings. The lowest BCUT2D eigenvalue weighted by Crippen LogP contribution is -2.36. The van der Waals surface area contributed by atoms with Gasteiger partial charge in [-0.1, -0.05) is 13.0 Å². The quantitative estimate of drug-likeness (QED) is 0.580. The molecule has 7 heteroatoms. The van der Waals surface area contributed by atoms with Crippen LogP contribution in [0.1, 0.15) is 22.4 Å². The summed E-state index contributed by atoms with van der Waals surface area (Å²) < 4.78 is 6.18. The summed E-state index contributed by atoms with van der Waals surface area (Å²) in [7, 11) is 3.42. The molecule has 1 heterocycles. The number of rotatable bonds is 6. The number of benzene rings is 1. The molecule has 0 bridgehead atoms. The van der Waals surface area contributed by atoms with E-state index in [0.717, 1.165) is 33.2 Å². The zero-order valence-corrected chi connectivity index (χ0v) is 15.9. The van der Waals surface area contributed by atoms with Gasteiger partial charge in [0.2, 0.25) is 0 Å². The van der Waals surface area contributed by atoms with E-state index in [1.165, 1.54) is 4.88 Å². The highest BCUT2D eigenvalue weighted by molar-refractivity contribution is 9.10. The van der Waals surface area contributed by atoms with E-state index in [1.54, 1.807) is 25.5 Å². The van der Waals surface area contributed by atoms with Gasteiger partial charge in [-0.2, -0.15) is 0 Å². The van der Waals surface area contributed by atoms with Gasteiger partial charge >= 0.3 is 0 Å². The highest BCUT2D eigenvalue weighted by Crippen LogP contribution is 2.25. The molecule has 5 nitrogen and oxygen atoms in total. The van der Waals surface area contributed by atoms with E-state index in [-0.39, 0.29) is 0 Å². The summed E-state index contributed by atoms with van der Waals surface area (Å²) in [5, 5.41) is 7.64. The fourth-order valence-electron chi connectivity index (χ4n) is 1.98. The number of hydrogen-bond donors (Lipinski definition) is 2. The molecule has 1 aromatic heterocycles. The predicted molar refractivity (Wildman–Crippen MR) is 99.2 cm³/mol. The van der Waals surface area contributed by atoms with E-state index in [0.29, 0.717) is 13.1 Å².